The van der Waals surface area contributed by atoms with Crippen LogP contribution in [-0.4, -0.2) is 58.6 Å². The van der Waals surface area contributed by atoms with Crippen LogP contribution in [0.15, 0.2) is 85.5 Å². The standard InChI is InChI=1S/C34H39NO7Si/c1-6-19-39-32(36)22-40-25-17-15-24(16-18-25)31(43(3,4)5)21-41-33(37)23(2)35-34(38)42-20-30-28-13-9-7-11-26(28)27-12-8-10-14-29(27)30/h6-18,23,30-31H,1,19-22H2,2-5H3,(H,35,38)/t23-,31?/m0/s1. The first-order chi connectivity index (χ1) is 20.6. The molecule has 1 N–H and O–H groups in total. The predicted molar refractivity (Wildman–Crippen MR) is 168 cm³/mol. The molecule has 0 aliphatic heterocycles. The van der Waals surface area contributed by atoms with Gasteiger partial charge in [-0.05, 0) is 46.9 Å². The molecule has 0 saturated heterocycles. The summed E-state index contributed by atoms with van der Waals surface area (Å²) >= 11 is 0. The van der Waals surface area contributed by atoms with E-state index in [0.717, 1.165) is 27.8 Å². The van der Waals surface area contributed by atoms with Gasteiger partial charge < -0.3 is 24.3 Å². The number of rotatable bonds is 13. The highest BCUT2D eigenvalue weighted by Crippen LogP contribution is 2.44. The molecule has 0 heterocycles. The van der Waals surface area contributed by atoms with E-state index < -0.39 is 32.1 Å². The van der Waals surface area contributed by atoms with Crippen molar-refractivity contribution in [1.29, 1.82) is 0 Å². The van der Waals surface area contributed by atoms with E-state index in [1.54, 1.807) is 19.1 Å². The number of carbonyl (C=O) groups excluding carboxylic acids is 3. The largest absolute Gasteiger partial charge is 0.482 e. The molecular weight excluding hydrogens is 562 g/mol. The Morgan fingerprint density at radius 3 is 2.07 bits per heavy atom. The summed E-state index contributed by atoms with van der Waals surface area (Å²) in [5.74, 6) is -0.543. The van der Waals surface area contributed by atoms with Crippen LogP contribution in [0.5, 0.6) is 5.75 Å². The fourth-order valence-electron chi connectivity index (χ4n) is 5.14. The molecule has 2 atom stereocenters. The second kappa shape index (κ2) is 14.2. The first-order valence-electron chi connectivity index (χ1n) is 14.4. The van der Waals surface area contributed by atoms with E-state index in [4.69, 9.17) is 18.9 Å². The zero-order chi connectivity index (χ0) is 31.0. The summed E-state index contributed by atoms with van der Waals surface area (Å²) in [6.45, 7) is 12.0. The summed E-state index contributed by atoms with van der Waals surface area (Å²) < 4.78 is 21.7. The van der Waals surface area contributed by atoms with Crippen molar-refractivity contribution < 1.29 is 33.3 Å². The fraction of sp³-hybridized carbons (Fsp3) is 0.324. The van der Waals surface area contributed by atoms with Gasteiger partial charge in [0.15, 0.2) is 6.61 Å². The Hall–Kier alpha value is -4.37. The summed E-state index contributed by atoms with van der Waals surface area (Å²) in [4.78, 5) is 37.2. The van der Waals surface area contributed by atoms with Crippen LogP contribution in [0, 0.1) is 0 Å². The maximum absolute atomic E-state index is 12.9. The van der Waals surface area contributed by atoms with Crippen molar-refractivity contribution in [3.63, 3.8) is 0 Å². The van der Waals surface area contributed by atoms with Gasteiger partial charge in [0.1, 0.15) is 25.0 Å². The lowest BCUT2D eigenvalue weighted by Gasteiger charge is -2.29. The monoisotopic (exact) mass is 601 g/mol. The third-order valence-electron chi connectivity index (χ3n) is 7.47. The number of hydrogen-bond acceptors (Lipinski definition) is 7. The van der Waals surface area contributed by atoms with Gasteiger partial charge in [-0.2, -0.15) is 0 Å². The van der Waals surface area contributed by atoms with Gasteiger partial charge in [-0.15, -0.1) is 0 Å². The highest BCUT2D eigenvalue weighted by Gasteiger charge is 2.32. The fourth-order valence-corrected chi connectivity index (χ4v) is 6.92. The van der Waals surface area contributed by atoms with Crippen molar-refractivity contribution in [2.75, 3.05) is 26.4 Å². The van der Waals surface area contributed by atoms with Gasteiger partial charge in [-0.25, -0.2) is 14.4 Å². The molecule has 226 valence electrons. The highest BCUT2D eigenvalue weighted by molar-refractivity contribution is 6.77. The van der Waals surface area contributed by atoms with Crippen LogP contribution in [0.1, 0.15) is 35.1 Å². The molecule has 9 heteroatoms. The Kier molecular flexibility index (Phi) is 10.4. The van der Waals surface area contributed by atoms with Gasteiger partial charge in [0.2, 0.25) is 0 Å². The minimum Gasteiger partial charge on any atom is -0.482 e. The number of ether oxygens (including phenoxy) is 4. The quantitative estimate of drug-likeness (QED) is 0.107. The molecule has 0 aromatic heterocycles. The number of amides is 1. The Morgan fingerprint density at radius 2 is 1.49 bits per heavy atom. The van der Waals surface area contributed by atoms with Crippen molar-refractivity contribution in [3.05, 3.63) is 102 Å². The molecule has 0 saturated carbocycles. The van der Waals surface area contributed by atoms with Gasteiger partial charge in [0.25, 0.3) is 0 Å². The van der Waals surface area contributed by atoms with E-state index in [1.165, 1.54) is 6.08 Å². The van der Waals surface area contributed by atoms with Crippen LogP contribution in [0.2, 0.25) is 19.6 Å². The van der Waals surface area contributed by atoms with Crippen molar-refractivity contribution in [2.45, 2.75) is 44.1 Å². The van der Waals surface area contributed by atoms with Crippen molar-refractivity contribution in [1.82, 2.24) is 5.32 Å². The molecule has 1 unspecified atom stereocenters. The molecule has 3 aromatic carbocycles. The maximum atomic E-state index is 12.9. The summed E-state index contributed by atoms with van der Waals surface area (Å²) in [5.41, 5.74) is 5.54. The normalized spacial score (nSPS) is 13.6. The molecule has 0 bridgehead atoms. The molecule has 0 spiro atoms. The van der Waals surface area contributed by atoms with E-state index in [0.29, 0.717) is 5.75 Å². The molecule has 1 aliphatic rings. The lowest BCUT2D eigenvalue weighted by atomic mass is 9.98. The predicted octanol–water partition coefficient (Wildman–Crippen LogP) is 6.23. The van der Waals surface area contributed by atoms with Crippen LogP contribution in [0.4, 0.5) is 4.79 Å². The van der Waals surface area contributed by atoms with E-state index in [1.807, 2.05) is 36.4 Å². The summed E-state index contributed by atoms with van der Waals surface area (Å²) in [6.07, 6.45) is 0.825. The Morgan fingerprint density at radius 1 is 0.884 bits per heavy atom. The molecule has 1 amide bonds. The van der Waals surface area contributed by atoms with Crippen molar-refractivity contribution in [3.8, 4) is 16.9 Å². The number of esters is 2. The molecule has 4 rings (SSSR count). The topological polar surface area (TPSA) is 100 Å². The van der Waals surface area contributed by atoms with Crippen molar-refractivity contribution >= 4 is 26.1 Å². The first kappa shape index (κ1) is 31.6. The maximum Gasteiger partial charge on any atom is 0.407 e. The van der Waals surface area contributed by atoms with E-state index in [9.17, 15) is 14.4 Å². The average molecular weight is 602 g/mol. The smallest absolute Gasteiger partial charge is 0.407 e. The summed E-state index contributed by atoms with van der Waals surface area (Å²) in [7, 11) is -1.83. The number of alkyl carbamates (subject to hydrolysis) is 1. The average Bonchev–Trinajstić information content (AvgIpc) is 3.31. The van der Waals surface area contributed by atoms with E-state index >= 15 is 0 Å². The Balaban J connectivity index is 1.28. The molecule has 0 fully saturated rings. The van der Waals surface area contributed by atoms with Gasteiger partial charge in [0, 0.05) is 11.5 Å². The lowest BCUT2D eigenvalue weighted by molar-refractivity contribution is -0.146. The number of benzene rings is 3. The highest BCUT2D eigenvalue weighted by atomic mass is 28.3. The lowest BCUT2D eigenvalue weighted by Crippen LogP contribution is -2.42. The van der Waals surface area contributed by atoms with Gasteiger partial charge >= 0.3 is 18.0 Å². The number of nitrogens with one attached hydrogen (secondary N) is 1. The molecule has 8 nitrogen and oxygen atoms in total. The number of hydrogen-bond donors (Lipinski definition) is 1. The van der Waals surface area contributed by atoms with Gasteiger partial charge in [-0.1, -0.05) is 93.0 Å². The minimum absolute atomic E-state index is 0.00436. The number of carbonyl (C=O) groups is 3. The van der Waals surface area contributed by atoms with Crippen LogP contribution in [-0.2, 0) is 23.8 Å². The zero-order valence-electron chi connectivity index (χ0n) is 25.1. The summed E-state index contributed by atoms with van der Waals surface area (Å²) in [5, 5.41) is 2.61. The second-order valence-electron chi connectivity index (χ2n) is 11.6. The molecule has 43 heavy (non-hydrogen) atoms. The van der Waals surface area contributed by atoms with E-state index in [2.05, 4.69) is 55.8 Å². The van der Waals surface area contributed by atoms with Crippen LogP contribution in [0.25, 0.3) is 11.1 Å². The SMILES string of the molecule is C=CCOC(=O)COc1ccc(C(COC(=O)[C@H](C)NC(=O)OCC2c3ccccc3-c3ccccc32)[Si](C)(C)C)cc1. The van der Waals surface area contributed by atoms with Gasteiger partial charge in [-0.3, -0.25) is 0 Å². The Labute approximate surface area is 254 Å². The van der Waals surface area contributed by atoms with Gasteiger partial charge in [0.05, 0.1) is 14.7 Å². The first-order valence-corrected chi connectivity index (χ1v) is 17.9. The summed E-state index contributed by atoms with van der Waals surface area (Å²) in [6, 6.07) is 22.7. The molecule has 0 radical (unpaired) electrons. The zero-order valence-corrected chi connectivity index (χ0v) is 26.1. The van der Waals surface area contributed by atoms with Crippen LogP contribution < -0.4 is 10.1 Å². The second-order valence-corrected chi connectivity index (χ2v) is 17.0. The molecule has 1 aliphatic carbocycles. The third kappa shape index (κ3) is 8.13. The third-order valence-corrected chi connectivity index (χ3v) is 10.1. The Bertz CT molecular complexity index is 1400. The molecule has 3 aromatic rings. The van der Waals surface area contributed by atoms with Crippen LogP contribution in [0.3, 0.4) is 0 Å². The van der Waals surface area contributed by atoms with Crippen LogP contribution >= 0.6 is 0 Å². The number of fused-ring (bicyclic) bond motifs is 3. The minimum atomic E-state index is -1.83. The van der Waals surface area contributed by atoms with E-state index in [-0.39, 0.29) is 37.9 Å². The molecular formula is C34H39NO7Si. The van der Waals surface area contributed by atoms with Crippen molar-refractivity contribution in [2.24, 2.45) is 0 Å².